The van der Waals surface area contributed by atoms with Gasteiger partial charge in [0.1, 0.15) is 17.0 Å². The zero-order valence-corrected chi connectivity index (χ0v) is 14.2. The van der Waals surface area contributed by atoms with Crippen LogP contribution < -0.4 is 5.32 Å². The fourth-order valence-corrected chi connectivity index (χ4v) is 5.59. The summed E-state index contributed by atoms with van der Waals surface area (Å²) < 4.78 is 0. The molecule has 4 aliphatic rings. The van der Waals surface area contributed by atoms with E-state index in [-0.39, 0.29) is 0 Å². The molecule has 122 valence electrons. The van der Waals surface area contributed by atoms with E-state index in [1.165, 1.54) is 74.2 Å². The molecule has 0 spiro atoms. The summed E-state index contributed by atoms with van der Waals surface area (Å²) in [6, 6.07) is 0.622. The Labute approximate surface area is 140 Å². The molecule has 3 saturated heterocycles. The number of anilines is 1. The van der Waals surface area contributed by atoms with Crippen LogP contribution in [0.15, 0.2) is 6.33 Å². The highest BCUT2D eigenvalue weighted by Crippen LogP contribution is 2.38. The molecule has 1 atom stereocenters. The highest BCUT2D eigenvalue weighted by Gasteiger charge is 2.31. The minimum atomic E-state index is 0.622. The minimum Gasteiger partial charge on any atom is -0.368 e. The topological polar surface area (TPSA) is 44.3 Å². The van der Waals surface area contributed by atoms with E-state index < -0.39 is 0 Å². The van der Waals surface area contributed by atoms with Gasteiger partial charge >= 0.3 is 0 Å². The monoisotopic (exact) mass is 329 g/mol. The summed E-state index contributed by atoms with van der Waals surface area (Å²) >= 11 is 1.88. The van der Waals surface area contributed by atoms with Crippen molar-refractivity contribution in [1.29, 1.82) is 0 Å². The van der Waals surface area contributed by atoms with Gasteiger partial charge < -0.3 is 5.32 Å². The van der Waals surface area contributed by atoms with Gasteiger partial charge in [0.05, 0.1) is 5.39 Å². The first-order chi connectivity index (χ1) is 11.4. The second kappa shape index (κ2) is 5.69. The molecule has 3 fully saturated rings. The van der Waals surface area contributed by atoms with Crippen molar-refractivity contribution in [2.45, 2.75) is 31.7 Å². The second-order valence-electron chi connectivity index (χ2n) is 6.98. The van der Waals surface area contributed by atoms with Crippen molar-refractivity contribution in [3.05, 3.63) is 16.8 Å². The van der Waals surface area contributed by atoms with Crippen LogP contribution in [0.3, 0.4) is 0 Å². The minimum absolute atomic E-state index is 0.622. The molecule has 5 nitrogen and oxygen atoms in total. The van der Waals surface area contributed by atoms with Gasteiger partial charge in [0.15, 0.2) is 0 Å². The molecular formula is C17H23N5S. The van der Waals surface area contributed by atoms with Gasteiger partial charge in [0, 0.05) is 50.2 Å². The van der Waals surface area contributed by atoms with Gasteiger partial charge in [-0.25, -0.2) is 9.97 Å². The number of aromatic nitrogens is 2. The Morgan fingerprint density at radius 2 is 2.00 bits per heavy atom. The summed E-state index contributed by atoms with van der Waals surface area (Å²) in [5.41, 5.74) is 1.52. The molecule has 2 aromatic heterocycles. The summed E-state index contributed by atoms with van der Waals surface area (Å²) in [6.45, 7) is 7.12. The molecule has 2 bridgehead atoms. The normalized spacial score (nSPS) is 29.7. The van der Waals surface area contributed by atoms with E-state index in [1.807, 2.05) is 11.3 Å². The maximum absolute atomic E-state index is 4.59. The van der Waals surface area contributed by atoms with E-state index in [9.17, 15) is 0 Å². The van der Waals surface area contributed by atoms with Crippen LogP contribution in [0.4, 0.5) is 5.82 Å². The Balaban J connectivity index is 1.41. The molecule has 2 aromatic rings. The summed E-state index contributed by atoms with van der Waals surface area (Å²) in [7, 11) is 0. The summed E-state index contributed by atoms with van der Waals surface area (Å²) in [5, 5.41) is 4.97. The number of thiophene rings is 1. The number of nitrogens with zero attached hydrogens (tertiary/aromatic N) is 4. The van der Waals surface area contributed by atoms with Crippen LogP contribution in [-0.4, -0.2) is 65.1 Å². The third kappa shape index (κ3) is 2.44. The molecule has 3 aliphatic heterocycles. The number of rotatable bonds is 3. The lowest BCUT2D eigenvalue weighted by atomic mass is 9.97. The molecule has 23 heavy (non-hydrogen) atoms. The SMILES string of the molecule is c1nc(NCC2CN3CCN2CC3)c2c3c(sc2n1)CCCC3. The van der Waals surface area contributed by atoms with E-state index in [0.717, 1.165) is 12.4 Å². The van der Waals surface area contributed by atoms with Gasteiger partial charge in [-0.1, -0.05) is 0 Å². The van der Waals surface area contributed by atoms with Gasteiger partial charge in [-0.2, -0.15) is 0 Å². The number of fused-ring (bicyclic) bond motifs is 6. The van der Waals surface area contributed by atoms with Gasteiger partial charge in [-0.05, 0) is 31.2 Å². The average Bonchev–Trinajstić information content (AvgIpc) is 3.00. The van der Waals surface area contributed by atoms with Gasteiger partial charge in [0.2, 0.25) is 0 Å². The quantitative estimate of drug-likeness (QED) is 0.933. The second-order valence-corrected chi connectivity index (χ2v) is 8.07. The van der Waals surface area contributed by atoms with E-state index in [4.69, 9.17) is 0 Å². The Kier molecular flexibility index (Phi) is 3.49. The molecular weight excluding hydrogens is 306 g/mol. The van der Waals surface area contributed by atoms with Crippen LogP contribution in [0, 0.1) is 0 Å². The van der Waals surface area contributed by atoms with Crippen molar-refractivity contribution in [3.63, 3.8) is 0 Å². The molecule has 6 rings (SSSR count). The standard InChI is InChI=1S/C17H23N5S/c1-2-4-14-13(3-1)15-16(19-11-20-17(15)23-14)18-9-12-10-21-5-7-22(12)8-6-21/h11-12H,1-10H2,(H,18,19,20). The maximum atomic E-state index is 4.59. The van der Waals surface area contributed by atoms with Crippen LogP contribution in [0.2, 0.25) is 0 Å². The van der Waals surface area contributed by atoms with Crippen LogP contribution in [0.1, 0.15) is 23.3 Å². The number of piperazine rings is 3. The van der Waals surface area contributed by atoms with Crippen molar-refractivity contribution in [3.8, 4) is 0 Å². The predicted octanol–water partition coefficient (Wildman–Crippen LogP) is 1.98. The first-order valence-corrected chi connectivity index (χ1v) is 9.65. The highest BCUT2D eigenvalue weighted by molar-refractivity contribution is 7.19. The van der Waals surface area contributed by atoms with Crippen LogP contribution in [0.25, 0.3) is 10.2 Å². The molecule has 5 heterocycles. The lowest BCUT2D eigenvalue weighted by Gasteiger charge is -2.47. The molecule has 0 amide bonds. The number of aryl methyl sites for hydroxylation is 2. The molecule has 1 aliphatic carbocycles. The zero-order valence-electron chi connectivity index (χ0n) is 13.4. The summed E-state index contributed by atoms with van der Waals surface area (Å²) in [4.78, 5) is 17.1. The van der Waals surface area contributed by atoms with Crippen LogP contribution >= 0.6 is 11.3 Å². The first-order valence-electron chi connectivity index (χ1n) is 8.84. The van der Waals surface area contributed by atoms with Gasteiger partial charge in [-0.3, -0.25) is 9.80 Å². The van der Waals surface area contributed by atoms with Gasteiger partial charge in [-0.15, -0.1) is 11.3 Å². The van der Waals surface area contributed by atoms with E-state index >= 15 is 0 Å². The average molecular weight is 329 g/mol. The van der Waals surface area contributed by atoms with Crippen molar-refractivity contribution < 1.29 is 0 Å². The van der Waals surface area contributed by atoms with Crippen LogP contribution in [0.5, 0.6) is 0 Å². The molecule has 0 saturated carbocycles. The molecule has 0 aromatic carbocycles. The lowest BCUT2D eigenvalue weighted by Crippen LogP contribution is -2.62. The number of hydrogen-bond acceptors (Lipinski definition) is 6. The molecule has 1 N–H and O–H groups in total. The van der Waals surface area contributed by atoms with E-state index in [2.05, 4.69) is 25.1 Å². The molecule has 0 radical (unpaired) electrons. The Morgan fingerprint density at radius 1 is 1.13 bits per heavy atom. The Bertz CT molecular complexity index is 719. The third-order valence-electron chi connectivity index (χ3n) is 5.65. The van der Waals surface area contributed by atoms with Crippen molar-refractivity contribution in [2.24, 2.45) is 0 Å². The predicted molar refractivity (Wildman–Crippen MR) is 94.3 cm³/mol. The van der Waals surface area contributed by atoms with Gasteiger partial charge in [0.25, 0.3) is 0 Å². The fourth-order valence-electron chi connectivity index (χ4n) is 4.36. The zero-order chi connectivity index (χ0) is 15.2. The van der Waals surface area contributed by atoms with E-state index in [0.29, 0.717) is 6.04 Å². The Morgan fingerprint density at radius 3 is 2.83 bits per heavy atom. The van der Waals surface area contributed by atoms with Crippen molar-refractivity contribution in [1.82, 2.24) is 19.8 Å². The van der Waals surface area contributed by atoms with E-state index in [1.54, 1.807) is 11.2 Å². The lowest BCUT2D eigenvalue weighted by molar-refractivity contribution is 0.0189. The number of nitrogens with one attached hydrogen (secondary N) is 1. The Hall–Kier alpha value is -1.24. The highest BCUT2D eigenvalue weighted by atomic mass is 32.1. The van der Waals surface area contributed by atoms with Crippen LogP contribution in [-0.2, 0) is 12.8 Å². The fraction of sp³-hybridized carbons (Fsp3) is 0.647. The maximum Gasteiger partial charge on any atom is 0.138 e. The third-order valence-corrected chi connectivity index (χ3v) is 6.85. The summed E-state index contributed by atoms with van der Waals surface area (Å²) in [6.07, 6.45) is 6.77. The largest absolute Gasteiger partial charge is 0.368 e. The smallest absolute Gasteiger partial charge is 0.138 e. The number of hydrogen-bond donors (Lipinski definition) is 1. The van der Waals surface area contributed by atoms with Crippen molar-refractivity contribution in [2.75, 3.05) is 44.6 Å². The van der Waals surface area contributed by atoms with Crippen molar-refractivity contribution >= 4 is 27.4 Å². The molecule has 6 heteroatoms. The molecule has 1 unspecified atom stereocenters. The summed E-state index contributed by atoms with van der Waals surface area (Å²) in [5.74, 6) is 1.06. The first kappa shape index (κ1) is 14.1.